The lowest BCUT2D eigenvalue weighted by molar-refractivity contribution is -0.137. The van der Waals surface area contributed by atoms with E-state index in [2.05, 4.69) is 5.92 Å². The first-order valence-electron chi connectivity index (χ1n) is 6.26. The van der Waals surface area contributed by atoms with Gasteiger partial charge in [-0.15, -0.1) is 6.42 Å². The average Bonchev–Trinajstić information content (AvgIpc) is 2.46. The molecule has 1 aromatic rings. The molecule has 1 rings (SSSR count). The maximum atomic E-state index is 12.2. The highest BCUT2D eigenvalue weighted by Gasteiger charge is 2.20. The van der Waals surface area contributed by atoms with Crippen LogP contribution < -0.4 is 4.74 Å². The molecule has 0 fully saturated rings. The molecule has 0 aliphatic carbocycles. The summed E-state index contributed by atoms with van der Waals surface area (Å²) >= 11 is 0. The molecule has 0 unspecified atom stereocenters. The Morgan fingerprint density at radius 3 is 2.62 bits per heavy atom. The maximum absolute atomic E-state index is 12.2. The van der Waals surface area contributed by atoms with Crippen LogP contribution in [0.25, 0.3) is 0 Å². The number of urea groups is 1. The van der Waals surface area contributed by atoms with E-state index in [0.29, 0.717) is 12.3 Å². The highest BCUT2D eigenvalue weighted by Crippen LogP contribution is 2.19. The normalized spacial score (nSPS) is 9.57. The molecule has 6 heteroatoms. The van der Waals surface area contributed by atoms with Gasteiger partial charge in [-0.05, 0) is 6.07 Å². The van der Waals surface area contributed by atoms with E-state index in [-0.39, 0.29) is 6.54 Å². The Bertz CT molecular complexity index is 551. The summed E-state index contributed by atoms with van der Waals surface area (Å²) in [4.78, 5) is 25.5. The molecule has 2 amide bonds. The van der Waals surface area contributed by atoms with Crippen LogP contribution in [0.5, 0.6) is 5.75 Å². The van der Waals surface area contributed by atoms with Crippen LogP contribution in [-0.4, -0.2) is 54.2 Å². The molecule has 0 aliphatic heterocycles. The second-order valence-corrected chi connectivity index (χ2v) is 4.40. The van der Waals surface area contributed by atoms with Crippen molar-refractivity contribution >= 4 is 12.0 Å². The van der Waals surface area contributed by atoms with Gasteiger partial charge < -0.3 is 19.6 Å². The van der Waals surface area contributed by atoms with Crippen LogP contribution in [0, 0.1) is 12.3 Å². The van der Waals surface area contributed by atoms with Crippen molar-refractivity contribution in [1.29, 1.82) is 0 Å². The zero-order valence-electron chi connectivity index (χ0n) is 12.1. The van der Waals surface area contributed by atoms with E-state index in [0.717, 1.165) is 10.5 Å². The van der Waals surface area contributed by atoms with E-state index in [1.165, 1.54) is 4.90 Å². The molecule has 21 heavy (non-hydrogen) atoms. The lowest BCUT2D eigenvalue weighted by Gasteiger charge is -2.26. The van der Waals surface area contributed by atoms with Gasteiger partial charge in [0.05, 0.1) is 20.2 Å². The monoisotopic (exact) mass is 290 g/mol. The van der Waals surface area contributed by atoms with Crippen molar-refractivity contribution in [3.63, 3.8) is 0 Å². The number of para-hydroxylation sites is 1. The number of carboxylic acid groups (broad SMARTS) is 1. The summed E-state index contributed by atoms with van der Waals surface area (Å²) in [6, 6.07) is 6.86. The largest absolute Gasteiger partial charge is 0.496 e. The van der Waals surface area contributed by atoms with Crippen LogP contribution in [0.4, 0.5) is 4.79 Å². The number of aliphatic carboxylic acids is 1. The molecule has 1 N–H and O–H groups in total. The van der Waals surface area contributed by atoms with Gasteiger partial charge in [-0.1, -0.05) is 24.1 Å². The van der Waals surface area contributed by atoms with Crippen molar-refractivity contribution in [3.8, 4) is 18.1 Å². The number of carbonyl (C=O) groups is 2. The Labute approximate surface area is 123 Å². The van der Waals surface area contributed by atoms with Crippen LogP contribution in [0.3, 0.4) is 0 Å². The van der Waals surface area contributed by atoms with Crippen LogP contribution in [-0.2, 0) is 11.3 Å². The van der Waals surface area contributed by atoms with Gasteiger partial charge in [0.15, 0.2) is 0 Å². The first kappa shape index (κ1) is 16.4. The molecule has 0 aliphatic rings. The quantitative estimate of drug-likeness (QED) is 0.801. The molecule has 0 atom stereocenters. The van der Waals surface area contributed by atoms with Crippen molar-refractivity contribution in [2.75, 3.05) is 27.2 Å². The third-order valence-electron chi connectivity index (χ3n) is 2.81. The molecular weight excluding hydrogens is 272 g/mol. The van der Waals surface area contributed by atoms with E-state index in [4.69, 9.17) is 16.3 Å². The van der Waals surface area contributed by atoms with Gasteiger partial charge in [-0.2, -0.15) is 0 Å². The molecule has 0 heterocycles. The number of hydrogen-bond acceptors (Lipinski definition) is 3. The summed E-state index contributed by atoms with van der Waals surface area (Å²) in [6.45, 7) is -0.190. The van der Waals surface area contributed by atoms with E-state index in [9.17, 15) is 9.59 Å². The van der Waals surface area contributed by atoms with E-state index in [1.54, 1.807) is 20.2 Å². The van der Waals surface area contributed by atoms with E-state index >= 15 is 0 Å². The molecule has 0 aromatic heterocycles. The molecule has 112 valence electrons. The number of hydrogen-bond donors (Lipinski definition) is 1. The lowest BCUT2D eigenvalue weighted by atomic mass is 10.2. The van der Waals surface area contributed by atoms with E-state index in [1.807, 2.05) is 18.2 Å². The van der Waals surface area contributed by atoms with Crippen molar-refractivity contribution in [2.24, 2.45) is 0 Å². The Balaban J connectivity index is 2.81. The fourth-order valence-corrected chi connectivity index (χ4v) is 1.86. The second-order valence-electron chi connectivity index (χ2n) is 4.40. The minimum Gasteiger partial charge on any atom is -0.496 e. The first-order chi connectivity index (χ1) is 9.99. The zero-order valence-corrected chi connectivity index (χ0v) is 12.1. The van der Waals surface area contributed by atoms with Gasteiger partial charge in [0, 0.05) is 12.6 Å². The number of nitrogens with zero attached hydrogens (tertiary/aromatic N) is 2. The molecule has 1 aromatic carbocycles. The van der Waals surface area contributed by atoms with Crippen molar-refractivity contribution in [3.05, 3.63) is 29.8 Å². The third-order valence-corrected chi connectivity index (χ3v) is 2.81. The smallest absolute Gasteiger partial charge is 0.323 e. The number of terminal acetylenes is 1. The summed E-state index contributed by atoms with van der Waals surface area (Å²) in [6.07, 6.45) is 5.17. The van der Waals surface area contributed by atoms with Crippen molar-refractivity contribution in [2.45, 2.75) is 6.54 Å². The zero-order chi connectivity index (χ0) is 15.8. The standard InChI is InChI=1S/C15H18N2O4/c1-4-9-17(11-14(18)19)15(20)16(2)10-12-7-5-6-8-13(12)21-3/h1,5-8H,9-11H2,2-3H3,(H,18,19). The molecule has 0 spiro atoms. The molecule has 0 bridgehead atoms. The number of carboxylic acids is 1. The van der Waals surface area contributed by atoms with Gasteiger partial charge in [0.2, 0.25) is 0 Å². The second kappa shape index (κ2) is 7.80. The van der Waals surface area contributed by atoms with Crippen molar-refractivity contribution < 1.29 is 19.4 Å². The minimum absolute atomic E-state index is 0.0542. The van der Waals surface area contributed by atoms with Crippen LogP contribution in [0.1, 0.15) is 5.56 Å². The van der Waals surface area contributed by atoms with Crippen LogP contribution in [0.15, 0.2) is 24.3 Å². The summed E-state index contributed by atoms with van der Waals surface area (Å²) in [5, 5.41) is 8.81. The number of rotatable bonds is 6. The fraction of sp³-hybridized carbons (Fsp3) is 0.333. The van der Waals surface area contributed by atoms with Gasteiger partial charge in [0.25, 0.3) is 0 Å². The predicted molar refractivity (Wildman–Crippen MR) is 77.9 cm³/mol. The topological polar surface area (TPSA) is 70.1 Å². The highest BCUT2D eigenvalue weighted by atomic mass is 16.5. The summed E-state index contributed by atoms with van der Waals surface area (Å²) in [5.74, 6) is 1.84. The molecule has 0 radical (unpaired) electrons. The third kappa shape index (κ3) is 4.73. The SMILES string of the molecule is C#CCN(CC(=O)O)C(=O)N(C)Cc1ccccc1OC. The minimum atomic E-state index is -1.11. The Kier molecular flexibility index (Phi) is 6.08. The number of methoxy groups -OCH3 is 1. The van der Waals surface area contributed by atoms with E-state index < -0.39 is 18.5 Å². The Hall–Kier alpha value is -2.68. The summed E-state index contributed by atoms with van der Waals surface area (Å²) in [7, 11) is 3.13. The van der Waals surface area contributed by atoms with Crippen LogP contribution in [0.2, 0.25) is 0 Å². The van der Waals surface area contributed by atoms with Gasteiger partial charge in [-0.25, -0.2) is 4.79 Å². The number of amides is 2. The molecule has 6 nitrogen and oxygen atoms in total. The molecular formula is C15H18N2O4. The Morgan fingerprint density at radius 2 is 2.05 bits per heavy atom. The first-order valence-corrected chi connectivity index (χ1v) is 6.26. The van der Waals surface area contributed by atoms with Crippen LogP contribution >= 0.6 is 0 Å². The van der Waals surface area contributed by atoms with Gasteiger partial charge >= 0.3 is 12.0 Å². The van der Waals surface area contributed by atoms with Gasteiger partial charge in [-0.3, -0.25) is 4.79 Å². The predicted octanol–water partition coefficient (Wildman–Crippen LogP) is 1.27. The molecule has 0 saturated heterocycles. The number of carbonyl (C=O) groups excluding carboxylic acids is 1. The Morgan fingerprint density at radius 1 is 1.38 bits per heavy atom. The highest BCUT2D eigenvalue weighted by molar-refractivity contribution is 5.80. The summed E-state index contributed by atoms with van der Waals surface area (Å²) < 4.78 is 5.22. The van der Waals surface area contributed by atoms with Crippen molar-refractivity contribution in [1.82, 2.24) is 9.80 Å². The number of ether oxygens (including phenoxy) is 1. The fourth-order valence-electron chi connectivity index (χ4n) is 1.86. The molecule has 0 saturated carbocycles. The van der Waals surface area contributed by atoms with Gasteiger partial charge in [0.1, 0.15) is 12.3 Å². The maximum Gasteiger partial charge on any atom is 0.323 e. The summed E-state index contributed by atoms with van der Waals surface area (Å²) in [5.41, 5.74) is 0.826. The average molecular weight is 290 g/mol. The lowest BCUT2D eigenvalue weighted by Crippen LogP contribution is -2.43. The number of benzene rings is 1.